The Labute approximate surface area is 120 Å². The fourth-order valence-corrected chi connectivity index (χ4v) is 1.99. The lowest BCUT2D eigenvalue weighted by Crippen LogP contribution is -2.13. The number of ether oxygens (including phenoxy) is 2. The smallest absolute Gasteiger partial charge is 0.255 e. The molecule has 1 aliphatic rings. The van der Waals surface area contributed by atoms with E-state index in [1.807, 2.05) is 0 Å². The van der Waals surface area contributed by atoms with Crippen molar-refractivity contribution < 1.29 is 18.7 Å². The molecule has 0 aliphatic carbocycles. The topological polar surface area (TPSA) is 73.6 Å². The van der Waals surface area contributed by atoms with Crippen molar-refractivity contribution in [2.24, 2.45) is 0 Å². The molecule has 6 heteroatoms. The van der Waals surface area contributed by atoms with Gasteiger partial charge in [-0.3, -0.25) is 4.79 Å². The Bertz CT molecular complexity index is 731. The molecule has 5 nitrogen and oxygen atoms in total. The molecule has 108 valence electrons. The molecule has 0 saturated heterocycles. The number of rotatable bonds is 2. The highest BCUT2D eigenvalue weighted by molar-refractivity contribution is 6.06. The van der Waals surface area contributed by atoms with Crippen LogP contribution in [0.2, 0.25) is 0 Å². The Morgan fingerprint density at radius 3 is 2.67 bits per heavy atom. The van der Waals surface area contributed by atoms with E-state index in [0.717, 1.165) is 0 Å². The maximum absolute atomic E-state index is 13.5. The number of benzene rings is 2. The van der Waals surface area contributed by atoms with Crippen LogP contribution < -0.4 is 20.5 Å². The normalized spacial score (nSPS) is 12.3. The standard InChI is InChI=1S/C15H13FN2O3/c1-8-2-3-9(4-10(8)16)15(19)18-12-6-14-13(5-11(12)17)20-7-21-14/h2-6H,7,17H2,1H3,(H,18,19). The first-order valence-electron chi connectivity index (χ1n) is 6.31. The quantitative estimate of drug-likeness (QED) is 0.833. The minimum atomic E-state index is -0.445. The zero-order valence-electron chi connectivity index (χ0n) is 11.3. The van der Waals surface area contributed by atoms with Crippen LogP contribution in [0.4, 0.5) is 15.8 Å². The summed E-state index contributed by atoms with van der Waals surface area (Å²) in [6, 6.07) is 7.45. The molecule has 1 heterocycles. The Hall–Kier alpha value is -2.76. The molecule has 21 heavy (non-hydrogen) atoms. The van der Waals surface area contributed by atoms with Crippen LogP contribution in [0.3, 0.4) is 0 Å². The number of carbonyl (C=O) groups is 1. The second-order valence-corrected chi connectivity index (χ2v) is 4.71. The Morgan fingerprint density at radius 2 is 1.95 bits per heavy atom. The van der Waals surface area contributed by atoms with E-state index in [1.165, 1.54) is 6.07 Å². The molecule has 3 N–H and O–H groups in total. The van der Waals surface area contributed by atoms with Crippen LogP contribution in [0, 0.1) is 12.7 Å². The summed E-state index contributed by atoms with van der Waals surface area (Å²) in [5.74, 6) is 0.169. The van der Waals surface area contributed by atoms with E-state index in [9.17, 15) is 9.18 Å². The van der Waals surface area contributed by atoms with Crippen LogP contribution in [0.1, 0.15) is 15.9 Å². The third-order valence-electron chi connectivity index (χ3n) is 3.23. The lowest BCUT2D eigenvalue weighted by atomic mass is 10.1. The number of nitrogens with one attached hydrogen (secondary N) is 1. The van der Waals surface area contributed by atoms with Crippen molar-refractivity contribution in [2.75, 3.05) is 17.8 Å². The highest BCUT2D eigenvalue weighted by atomic mass is 19.1. The molecule has 0 atom stereocenters. The molecule has 0 aromatic heterocycles. The highest BCUT2D eigenvalue weighted by Crippen LogP contribution is 2.38. The third kappa shape index (κ3) is 2.47. The van der Waals surface area contributed by atoms with Crippen molar-refractivity contribution in [2.45, 2.75) is 6.92 Å². The minimum absolute atomic E-state index is 0.120. The van der Waals surface area contributed by atoms with Gasteiger partial charge in [0, 0.05) is 17.7 Å². The number of nitrogen functional groups attached to an aromatic ring is 1. The van der Waals surface area contributed by atoms with Gasteiger partial charge >= 0.3 is 0 Å². The SMILES string of the molecule is Cc1ccc(C(=O)Nc2cc3c(cc2N)OCO3)cc1F. The van der Waals surface area contributed by atoms with Crippen LogP contribution in [-0.2, 0) is 0 Å². The van der Waals surface area contributed by atoms with Gasteiger partial charge in [-0.05, 0) is 24.6 Å². The van der Waals surface area contributed by atoms with E-state index >= 15 is 0 Å². The van der Waals surface area contributed by atoms with Gasteiger partial charge in [0.15, 0.2) is 11.5 Å². The number of nitrogens with two attached hydrogens (primary N) is 1. The Balaban J connectivity index is 1.86. The van der Waals surface area contributed by atoms with Gasteiger partial charge in [-0.2, -0.15) is 0 Å². The first kappa shape index (κ1) is 13.2. The van der Waals surface area contributed by atoms with E-state index in [-0.39, 0.29) is 12.4 Å². The predicted molar refractivity (Wildman–Crippen MR) is 76.1 cm³/mol. The zero-order chi connectivity index (χ0) is 15.0. The van der Waals surface area contributed by atoms with Gasteiger partial charge in [-0.25, -0.2) is 4.39 Å². The molecule has 3 rings (SSSR count). The fourth-order valence-electron chi connectivity index (χ4n) is 1.99. The maximum atomic E-state index is 13.5. The van der Waals surface area contributed by atoms with Crippen molar-refractivity contribution in [1.82, 2.24) is 0 Å². The molecule has 0 saturated carbocycles. The van der Waals surface area contributed by atoms with Gasteiger partial charge in [0.1, 0.15) is 5.82 Å². The predicted octanol–water partition coefficient (Wildman–Crippen LogP) is 2.70. The van der Waals surface area contributed by atoms with E-state index in [0.29, 0.717) is 28.4 Å². The molecule has 1 aliphatic heterocycles. The Kier molecular flexibility index (Phi) is 3.13. The van der Waals surface area contributed by atoms with Gasteiger partial charge in [-0.15, -0.1) is 0 Å². The van der Waals surface area contributed by atoms with Crippen LogP contribution in [0.25, 0.3) is 0 Å². The molecule has 2 aromatic carbocycles. The van der Waals surface area contributed by atoms with E-state index in [4.69, 9.17) is 15.2 Å². The summed E-state index contributed by atoms with van der Waals surface area (Å²) in [6.45, 7) is 1.75. The minimum Gasteiger partial charge on any atom is -0.454 e. The first-order chi connectivity index (χ1) is 10.0. The summed E-state index contributed by atoms with van der Waals surface area (Å²) in [5, 5.41) is 2.64. The van der Waals surface area contributed by atoms with Crippen LogP contribution in [0.5, 0.6) is 11.5 Å². The molecule has 1 amide bonds. The van der Waals surface area contributed by atoms with Crippen molar-refractivity contribution >= 4 is 17.3 Å². The van der Waals surface area contributed by atoms with Crippen molar-refractivity contribution in [1.29, 1.82) is 0 Å². The summed E-state index contributed by atoms with van der Waals surface area (Å²) >= 11 is 0. The molecule has 2 aromatic rings. The molecule has 0 spiro atoms. The van der Waals surface area contributed by atoms with Crippen LogP contribution in [-0.4, -0.2) is 12.7 Å². The second-order valence-electron chi connectivity index (χ2n) is 4.71. The van der Waals surface area contributed by atoms with Crippen molar-refractivity contribution in [3.63, 3.8) is 0 Å². The third-order valence-corrected chi connectivity index (χ3v) is 3.23. The number of anilines is 2. The lowest BCUT2D eigenvalue weighted by molar-refractivity contribution is 0.102. The molecule has 0 radical (unpaired) electrons. The number of carbonyl (C=O) groups excluding carboxylic acids is 1. The number of hydrogen-bond acceptors (Lipinski definition) is 4. The summed E-state index contributed by atoms with van der Waals surface area (Å²) < 4.78 is 23.9. The number of aryl methyl sites for hydroxylation is 1. The maximum Gasteiger partial charge on any atom is 0.255 e. The molecule has 0 fully saturated rings. The number of hydrogen-bond donors (Lipinski definition) is 2. The average Bonchev–Trinajstić information content (AvgIpc) is 2.89. The lowest BCUT2D eigenvalue weighted by Gasteiger charge is -2.10. The molecule has 0 unspecified atom stereocenters. The van der Waals surface area contributed by atoms with Gasteiger partial charge in [0.25, 0.3) is 5.91 Å². The summed E-state index contributed by atoms with van der Waals surface area (Å²) in [5.41, 5.74) is 7.29. The molecule has 0 bridgehead atoms. The van der Waals surface area contributed by atoms with Crippen LogP contribution >= 0.6 is 0 Å². The van der Waals surface area contributed by atoms with Gasteiger partial charge < -0.3 is 20.5 Å². The van der Waals surface area contributed by atoms with Crippen molar-refractivity contribution in [3.05, 3.63) is 47.3 Å². The second kappa shape index (κ2) is 4.97. The largest absolute Gasteiger partial charge is 0.454 e. The van der Waals surface area contributed by atoms with Crippen LogP contribution in [0.15, 0.2) is 30.3 Å². The van der Waals surface area contributed by atoms with Gasteiger partial charge in [0.05, 0.1) is 11.4 Å². The Morgan fingerprint density at radius 1 is 1.24 bits per heavy atom. The number of fused-ring (bicyclic) bond motifs is 1. The molecular formula is C15H13FN2O3. The first-order valence-corrected chi connectivity index (χ1v) is 6.31. The molecular weight excluding hydrogens is 275 g/mol. The van der Waals surface area contributed by atoms with E-state index in [1.54, 1.807) is 31.2 Å². The summed E-state index contributed by atoms with van der Waals surface area (Å²) in [6.07, 6.45) is 0. The van der Waals surface area contributed by atoms with E-state index < -0.39 is 11.7 Å². The monoisotopic (exact) mass is 288 g/mol. The number of amides is 1. The zero-order valence-corrected chi connectivity index (χ0v) is 11.3. The average molecular weight is 288 g/mol. The summed E-state index contributed by atoms with van der Waals surface area (Å²) in [7, 11) is 0. The summed E-state index contributed by atoms with van der Waals surface area (Å²) in [4.78, 5) is 12.1. The van der Waals surface area contributed by atoms with Gasteiger partial charge in [-0.1, -0.05) is 6.07 Å². The van der Waals surface area contributed by atoms with Crippen molar-refractivity contribution in [3.8, 4) is 11.5 Å². The van der Waals surface area contributed by atoms with Gasteiger partial charge in [0.2, 0.25) is 6.79 Å². The number of halogens is 1. The van der Waals surface area contributed by atoms with E-state index in [2.05, 4.69) is 5.32 Å². The fraction of sp³-hybridized carbons (Fsp3) is 0.133. The highest BCUT2D eigenvalue weighted by Gasteiger charge is 2.18.